The molecule has 2 aromatic carbocycles. The molecule has 4 amide bonds. The van der Waals surface area contributed by atoms with Crippen LogP contribution in [-0.2, 0) is 9.59 Å². The van der Waals surface area contributed by atoms with E-state index < -0.39 is 11.8 Å². The number of hydrazine groups is 1. The van der Waals surface area contributed by atoms with Crippen molar-refractivity contribution in [3.8, 4) is 0 Å². The second-order valence-electron chi connectivity index (χ2n) is 7.70. The molecule has 0 aromatic heterocycles. The standard InChI is InChI=1S/C23H22N4O4/c1-13-11-15(9-10-17(13)20(24)28)25-21(29)14-5-4-6-16(12-14)27-23(31)19-8-3-2-7-18(19)22(30)26-27/h2-6,9-12,18-19H,7-8H2,1H3,(H2,24,28)(H,25,29)(H,26,30). The van der Waals surface area contributed by atoms with Gasteiger partial charge < -0.3 is 11.1 Å². The molecule has 158 valence electrons. The van der Waals surface area contributed by atoms with Gasteiger partial charge in [-0.05, 0) is 61.7 Å². The molecule has 0 bridgehead atoms. The second-order valence-corrected chi connectivity index (χ2v) is 7.70. The van der Waals surface area contributed by atoms with Crippen molar-refractivity contribution >= 4 is 35.0 Å². The van der Waals surface area contributed by atoms with E-state index in [1.807, 2.05) is 12.2 Å². The van der Waals surface area contributed by atoms with Gasteiger partial charge in [-0.15, -0.1) is 0 Å². The highest BCUT2D eigenvalue weighted by atomic mass is 16.2. The predicted molar refractivity (Wildman–Crippen MR) is 115 cm³/mol. The van der Waals surface area contributed by atoms with Crippen molar-refractivity contribution in [1.29, 1.82) is 0 Å². The van der Waals surface area contributed by atoms with E-state index in [1.54, 1.807) is 49.4 Å². The number of fused-ring (bicyclic) bond motifs is 1. The summed E-state index contributed by atoms with van der Waals surface area (Å²) < 4.78 is 0. The van der Waals surface area contributed by atoms with Crippen LogP contribution in [-0.4, -0.2) is 23.6 Å². The van der Waals surface area contributed by atoms with Crippen LogP contribution in [0.15, 0.2) is 54.6 Å². The van der Waals surface area contributed by atoms with Gasteiger partial charge in [0, 0.05) is 16.8 Å². The van der Waals surface area contributed by atoms with Crippen LogP contribution in [0.4, 0.5) is 11.4 Å². The van der Waals surface area contributed by atoms with Gasteiger partial charge in [0.1, 0.15) is 0 Å². The van der Waals surface area contributed by atoms with Crippen molar-refractivity contribution in [3.05, 3.63) is 71.3 Å². The summed E-state index contributed by atoms with van der Waals surface area (Å²) in [6.07, 6.45) is 4.91. The molecule has 8 heteroatoms. The van der Waals surface area contributed by atoms with Crippen molar-refractivity contribution in [2.24, 2.45) is 17.6 Å². The molecule has 1 fully saturated rings. The van der Waals surface area contributed by atoms with E-state index in [0.29, 0.717) is 40.9 Å². The molecule has 1 heterocycles. The van der Waals surface area contributed by atoms with Gasteiger partial charge in [0.25, 0.3) is 5.91 Å². The first-order valence-electron chi connectivity index (χ1n) is 9.96. The molecule has 4 N–H and O–H groups in total. The molecule has 8 nitrogen and oxygen atoms in total. The molecule has 2 atom stereocenters. The van der Waals surface area contributed by atoms with Gasteiger partial charge >= 0.3 is 0 Å². The minimum Gasteiger partial charge on any atom is -0.366 e. The van der Waals surface area contributed by atoms with Gasteiger partial charge in [-0.25, -0.2) is 5.01 Å². The maximum atomic E-state index is 12.9. The zero-order valence-corrected chi connectivity index (χ0v) is 16.9. The Labute approximate surface area is 179 Å². The highest BCUT2D eigenvalue weighted by Gasteiger charge is 2.42. The second kappa shape index (κ2) is 8.06. The Hall–Kier alpha value is -3.94. The predicted octanol–water partition coefficient (Wildman–Crippen LogP) is 2.31. The number of hydrogen-bond donors (Lipinski definition) is 3. The SMILES string of the molecule is Cc1cc(NC(=O)c2cccc(N3NC(=O)C4CC=CCC4C3=O)c2)ccc1C(N)=O. The molecule has 2 aromatic rings. The van der Waals surface area contributed by atoms with Gasteiger partial charge in [-0.1, -0.05) is 18.2 Å². The van der Waals surface area contributed by atoms with Crippen LogP contribution >= 0.6 is 0 Å². The highest BCUT2D eigenvalue weighted by Crippen LogP contribution is 2.32. The monoisotopic (exact) mass is 418 g/mol. The van der Waals surface area contributed by atoms with Crippen LogP contribution in [0, 0.1) is 18.8 Å². The van der Waals surface area contributed by atoms with E-state index in [-0.39, 0.29) is 23.6 Å². The van der Waals surface area contributed by atoms with E-state index in [9.17, 15) is 19.2 Å². The van der Waals surface area contributed by atoms with Gasteiger partial charge in [-0.2, -0.15) is 0 Å². The topological polar surface area (TPSA) is 122 Å². The number of nitrogens with one attached hydrogen (secondary N) is 2. The molecule has 0 spiro atoms. The molecule has 0 radical (unpaired) electrons. The van der Waals surface area contributed by atoms with Crippen LogP contribution in [0.2, 0.25) is 0 Å². The first-order valence-corrected chi connectivity index (χ1v) is 9.96. The molecule has 2 aliphatic rings. The number of aryl methyl sites for hydroxylation is 1. The largest absolute Gasteiger partial charge is 0.366 e. The fraction of sp³-hybridized carbons (Fsp3) is 0.217. The molecule has 0 saturated carbocycles. The lowest BCUT2D eigenvalue weighted by atomic mass is 9.80. The number of carbonyl (C=O) groups is 4. The van der Waals surface area contributed by atoms with E-state index in [1.165, 1.54) is 5.01 Å². The molecule has 2 unspecified atom stereocenters. The van der Waals surface area contributed by atoms with Crippen LogP contribution in [0.5, 0.6) is 0 Å². The Morgan fingerprint density at radius 2 is 1.81 bits per heavy atom. The van der Waals surface area contributed by atoms with Gasteiger partial charge in [0.15, 0.2) is 0 Å². The summed E-state index contributed by atoms with van der Waals surface area (Å²) >= 11 is 0. The van der Waals surface area contributed by atoms with Gasteiger partial charge in [0.2, 0.25) is 17.7 Å². The quantitative estimate of drug-likeness (QED) is 0.660. The lowest BCUT2D eigenvalue weighted by Crippen LogP contribution is -2.59. The van der Waals surface area contributed by atoms with E-state index in [0.717, 1.165) is 0 Å². The molecule has 4 rings (SSSR count). The van der Waals surface area contributed by atoms with Crippen LogP contribution in [0.25, 0.3) is 0 Å². The van der Waals surface area contributed by atoms with Gasteiger partial charge in [0.05, 0.1) is 17.5 Å². The number of nitrogens with two attached hydrogens (primary N) is 1. The number of nitrogens with zero attached hydrogens (tertiary/aromatic N) is 1. The summed E-state index contributed by atoms with van der Waals surface area (Å²) in [6, 6.07) is 11.3. The zero-order valence-electron chi connectivity index (χ0n) is 16.9. The fourth-order valence-electron chi connectivity index (χ4n) is 3.99. The van der Waals surface area contributed by atoms with Crippen molar-refractivity contribution in [1.82, 2.24) is 5.43 Å². The Morgan fingerprint density at radius 3 is 2.52 bits per heavy atom. The summed E-state index contributed by atoms with van der Waals surface area (Å²) in [4.78, 5) is 49.5. The van der Waals surface area contributed by atoms with Gasteiger partial charge in [-0.3, -0.25) is 24.6 Å². The molecular formula is C23H22N4O4. The number of hydrogen-bond acceptors (Lipinski definition) is 4. The summed E-state index contributed by atoms with van der Waals surface area (Å²) in [6.45, 7) is 1.73. The van der Waals surface area contributed by atoms with E-state index >= 15 is 0 Å². The number of benzene rings is 2. The Balaban J connectivity index is 1.54. The van der Waals surface area contributed by atoms with Crippen molar-refractivity contribution in [2.75, 3.05) is 10.3 Å². The molecular weight excluding hydrogens is 396 g/mol. The lowest BCUT2D eigenvalue weighted by molar-refractivity contribution is -0.139. The highest BCUT2D eigenvalue weighted by molar-refractivity contribution is 6.07. The third-order valence-electron chi connectivity index (χ3n) is 5.65. The molecule has 31 heavy (non-hydrogen) atoms. The summed E-state index contributed by atoms with van der Waals surface area (Å²) in [5.41, 5.74) is 10.3. The summed E-state index contributed by atoms with van der Waals surface area (Å²) in [5, 5.41) is 4.00. The first kappa shape index (κ1) is 20.3. The minimum absolute atomic E-state index is 0.191. The van der Waals surface area contributed by atoms with E-state index in [4.69, 9.17) is 5.73 Å². The Bertz CT molecular complexity index is 1120. The Kier molecular flexibility index (Phi) is 5.29. The van der Waals surface area contributed by atoms with Crippen molar-refractivity contribution < 1.29 is 19.2 Å². The number of anilines is 2. The maximum Gasteiger partial charge on any atom is 0.255 e. The number of allylic oxidation sites excluding steroid dienone is 2. The molecule has 1 aliphatic carbocycles. The maximum absolute atomic E-state index is 12.9. The third-order valence-corrected chi connectivity index (χ3v) is 5.65. The average Bonchev–Trinajstić information content (AvgIpc) is 2.76. The summed E-state index contributed by atoms with van der Waals surface area (Å²) in [7, 11) is 0. The van der Waals surface area contributed by atoms with Crippen LogP contribution in [0.3, 0.4) is 0 Å². The van der Waals surface area contributed by atoms with Crippen molar-refractivity contribution in [3.63, 3.8) is 0 Å². The Morgan fingerprint density at radius 1 is 1.06 bits per heavy atom. The number of primary amides is 1. The van der Waals surface area contributed by atoms with Crippen LogP contribution < -0.4 is 21.5 Å². The number of amides is 4. The minimum atomic E-state index is -0.535. The molecule has 1 saturated heterocycles. The zero-order chi connectivity index (χ0) is 22.1. The van der Waals surface area contributed by atoms with Crippen molar-refractivity contribution in [2.45, 2.75) is 19.8 Å². The number of rotatable bonds is 4. The lowest BCUT2D eigenvalue weighted by Gasteiger charge is -2.38. The van der Waals surface area contributed by atoms with E-state index in [2.05, 4.69) is 10.7 Å². The average molecular weight is 418 g/mol. The normalized spacial score (nSPS) is 20.1. The third kappa shape index (κ3) is 3.92. The number of carbonyl (C=O) groups excluding carboxylic acids is 4. The first-order chi connectivity index (χ1) is 14.8. The fourth-order valence-corrected chi connectivity index (χ4v) is 3.99. The summed E-state index contributed by atoms with van der Waals surface area (Å²) in [5.74, 6) is -2.07. The molecule has 1 aliphatic heterocycles. The van der Waals surface area contributed by atoms with Crippen LogP contribution in [0.1, 0.15) is 39.1 Å². The smallest absolute Gasteiger partial charge is 0.255 e.